The summed E-state index contributed by atoms with van der Waals surface area (Å²) in [7, 11) is 1.16. The van der Waals surface area contributed by atoms with E-state index >= 15 is 0 Å². The molecule has 0 nitrogen and oxygen atoms in total. The van der Waals surface area contributed by atoms with Crippen LogP contribution < -0.4 is 0 Å². The van der Waals surface area contributed by atoms with Crippen molar-refractivity contribution in [1.29, 1.82) is 0 Å². The largest absolute Gasteiger partial charge is 0.122 e. The number of hydrogen-bond acceptors (Lipinski definition) is 0. The zero-order valence-electron chi connectivity index (χ0n) is 8.52. The number of halogens is 1. The molecule has 0 fully saturated rings. The lowest BCUT2D eigenvalue weighted by Gasteiger charge is -2.11. The second kappa shape index (κ2) is 5.18. The molecule has 0 N–H and O–H groups in total. The van der Waals surface area contributed by atoms with Gasteiger partial charge in [-0.3, -0.25) is 0 Å². The molecule has 0 bridgehead atoms. The van der Waals surface area contributed by atoms with Gasteiger partial charge in [0, 0.05) is 16.1 Å². The summed E-state index contributed by atoms with van der Waals surface area (Å²) in [6.45, 7) is 7.68. The Bertz CT molecular complexity index is 321. The third kappa shape index (κ3) is 1.99. The third-order valence-electron chi connectivity index (χ3n) is 2.40. The molecule has 0 saturated heterocycles. The average Bonchev–Trinajstić information content (AvgIpc) is 2.26. The van der Waals surface area contributed by atoms with E-state index in [1.54, 1.807) is 0 Å². The third-order valence-corrected chi connectivity index (χ3v) is 3.45. The molecule has 14 heavy (non-hydrogen) atoms. The summed E-state index contributed by atoms with van der Waals surface area (Å²) in [5.41, 5.74) is 4.84. The van der Waals surface area contributed by atoms with Gasteiger partial charge in [0.15, 0.2) is 0 Å². The highest BCUT2D eigenvalue weighted by molar-refractivity contribution is 6.17. The highest BCUT2D eigenvalue weighted by atomic mass is 35.5. The summed E-state index contributed by atoms with van der Waals surface area (Å²) in [6, 6.07) is 5.38. The Balaban J connectivity index is 3.43. The summed E-state index contributed by atoms with van der Waals surface area (Å²) < 4.78 is 0. The molecule has 0 aliphatic rings. The van der Waals surface area contributed by atoms with Gasteiger partial charge in [-0.25, -0.2) is 0 Å². The first-order chi connectivity index (χ1) is 6.78. The predicted octanol–water partition coefficient (Wildman–Crippen LogP) is 2.58. The van der Waals surface area contributed by atoms with Crippen LogP contribution in [-0.4, -0.2) is 10.2 Å². The second-order valence-corrected chi connectivity index (χ2v) is 4.08. The van der Waals surface area contributed by atoms with Crippen LogP contribution in [0.4, 0.5) is 0 Å². The molecule has 1 aromatic rings. The van der Waals surface area contributed by atoms with Crippen molar-refractivity contribution >= 4 is 34.0 Å². The van der Waals surface area contributed by atoms with Gasteiger partial charge in [-0.15, -0.1) is 11.6 Å². The second-order valence-electron chi connectivity index (χ2n) is 3.11. The molecule has 2 heteroatoms. The van der Waals surface area contributed by atoms with Crippen LogP contribution in [0.5, 0.6) is 0 Å². The molecule has 74 valence electrons. The molecule has 1 aromatic carbocycles. The molecule has 0 saturated carbocycles. The maximum Gasteiger partial charge on any atom is 0.0480 e. The van der Waals surface area contributed by atoms with Crippen molar-refractivity contribution in [3.05, 3.63) is 47.5 Å². The van der Waals surface area contributed by atoms with Crippen LogP contribution >= 0.6 is 11.6 Å². The Morgan fingerprint density at radius 3 is 2.07 bits per heavy atom. The minimum absolute atomic E-state index is 0.531. The average molecular weight is 223 g/mol. The predicted molar refractivity (Wildman–Crippen MR) is 69.8 cm³/mol. The van der Waals surface area contributed by atoms with Gasteiger partial charge in [0.25, 0.3) is 0 Å². The summed E-state index contributed by atoms with van der Waals surface area (Å²) in [5.74, 6) is 0.531. The Morgan fingerprint density at radius 2 is 1.64 bits per heavy atom. The normalized spacial score (nSPS) is 10.1. The fourth-order valence-corrected chi connectivity index (χ4v) is 2.48. The number of benzene rings is 1. The summed E-state index contributed by atoms with van der Waals surface area (Å²) >= 11 is 5.86. The lowest BCUT2D eigenvalue weighted by molar-refractivity contribution is 1.30. The van der Waals surface area contributed by atoms with Crippen LogP contribution in [0.1, 0.15) is 22.3 Å². The lowest BCUT2D eigenvalue weighted by atomic mass is 9.97. The van der Waals surface area contributed by atoms with Crippen molar-refractivity contribution in [2.24, 2.45) is 0 Å². The first-order valence-electron chi connectivity index (χ1n) is 4.74. The molecule has 1 rings (SSSR count). The van der Waals surface area contributed by atoms with Crippen LogP contribution in [0.2, 0.25) is 0 Å². The molecule has 0 aliphatic heterocycles. The van der Waals surface area contributed by atoms with Crippen molar-refractivity contribution in [2.45, 2.75) is 11.9 Å². The first-order valence-corrected chi connectivity index (χ1v) is 6.68. The van der Waals surface area contributed by atoms with E-state index in [-0.39, 0.29) is 0 Å². The highest BCUT2D eigenvalue weighted by Gasteiger charge is 2.06. The fourth-order valence-electron chi connectivity index (χ4n) is 1.63. The summed E-state index contributed by atoms with van der Waals surface area (Å²) in [6.07, 6.45) is 3.77. The van der Waals surface area contributed by atoms with Crippen LogP contribution in [0.3, 0.4) is 0 Å². The zero-order valence-corrected chi connectivity index (χ0v) is 11.3. The van der Waals surface area contributed by atoms with Crippen molar-refractivity contribution in [1.82, 2.24) is 0 Å². The monoisotopic (exact) mass is 222 g/mol. The molecular weight excluding hydrogens is 208 g/mol. The minimum atomic E-state index is 0.531. The Morgan fingerprint density at radius 1 is 1.14 bits per heavy atom. The van der Waals surface area contributed by atoms with Crippen molar-refractivity contribution in [3.63, 3.8) is 0 Å². The van der Waals surface area contributed by atoms with Gasteiger partial charge in [-0.05, 0) is 28.3 Å². The molecule has 0 atom stereocenters. The molecule has 0 radical (unpaired) electrons. The molecule has 0 heterocycles. The topological polar surface area (TPSA) is 0 Å². The summed E-state index contributed by atoms with van der Waals surface area (Å²) in [4.78, 5) is 0. The van der Waals surface area contributed by atoms with Crippen LogP contribution in [-0.2, 0) is 11.9 Å². The fraction of sp³-hybridized carbons (Fsp3) is 0.167. The van der Waals surface area contributed by atoms with E-state index in [1.807, 2.05) is 12.2 Å². The quantitative estimate of drug-likeness (QED) is 0.543. The van der Waals surface area contributed by atoms with E-state index < -0.39 is 0 Å². The molecular formula is C12H15ClSi. The molecule has 0 amide bonds. The van der Waals surface area contributed by atoms with E-state index in [2.05, 4.69) is 25.3 Å². The minimum Gasteiger partial charge on any atom is -0.122 e. The lowest BCUT2D eigenvalue weighted by Crippen LogP contribution is -1.96. The Hall–Kier alpha value is -0.793. The molecule has 0 spiro atoms. The number of hydrogen-bond donors (Lipinski definition) is 0. The molecule has 0 aliphatic carbocycles. The maximum absolute atomic E-state index is 5.86. The van der Waals surface area contributed by atoms with E-state index in [0.717, 1.165) is 27.4 Å². The number of alkyl halides is 1. The highest BCUT2D eigenvalue weighted by Crippen LogP contribution is 2.23. The van der Waals surface area contributed by atoms with Gasteiger partial charge >= 0.3 is 0 Å². The molecule has 0 unspecified atom stereocenters. The van der Waals surface area contributed by atoms with Gasteiger partial charge in [-0.1, -0.05) is 37.4 Å². The Kier molecular flexibility index (Phi) is 4.17. The van der Waals surface area contributed by atoms with Crippen LogP contribution in [0.25, 0.3) is 12.2 Å². The first kappa shape index (κ1) is 11.3. The molecule has 0 aromatic heterocycles. The van der Waals surface area contributed by atoms with Gasteiger partial charge in [-0.2, -0.15) is 0 Å². The van der Waals surface area contributed by atoms with E-state index in [9.17, 15) is 0 Å². The Labute approximate surface area is 93.7 Å². The van der Waals surface area contributed by atoms with E-state index in [4.69, 9.17) is 11.6 Å². The maximum atomic E-state index is 5.86. The van der Waals surface area contributed by atoms with E-state index in [0.29, 0.717) is 5.88 Å². The summed E-state index contributed by atoms with van der Waals surface area (Å²) in [5, 5.41) is 0. The smallest absolute Gasteiger partial charge is 0.0480 e. The zero-order chi connectivity index (χ0) is 10.6. The van der Waals surface area contributed by atoms with Crippen molar-refractivity contribution in [3.8, 4) is 0 Å². The van der Waals surface area contributed by atoms with Crippen LogP contribution in [0.15, 0.2) is 25.3 Å². The van der Waals surface area contributed by atoms with Crippen molar-refractivity contribution in [2.75, 3.05) is 0 Å². The van der Waals surface area contributed by atoms with Gasteiger partial charge in [0.05, 0.1) is 0 Å². The van der Waals surface area contributed by atoms with Gasteiger partial charge in [0.2, 0.25) is 0 Å². The van der Waals surface area contributed by atoms with E-state index in [1.165, 1.54) is 11.1 Å². The number of rotatable bonds is 4. The van der Waals surface area contributed by atoms with Gasteiger partial charge < -0.3 is 0 Å². The van der Waals surface area contributed by atoms with Crippen molar-refractivity contribution < 1.29 is 0 Å². The van der Waals surface area contributed by atoms with Gasteiger partial charge in [0.1, 0.15) is 0 Å². The van der Waals surface area contributed by atoms with Crippen LogP contribution in [0, 0.1) is 0 Å². The standard InChI is InChI=1S/C12H15ClSi/c1-3-11-9(7-13)5-6-10(8-14)12(11)4-2/h3-6H,1-2,7-8H2,14H3. The SMILES string of the molecule is C=Cc1c(C[SiH3])ccc(CCl)c1C=C.